The second-order valence-corrected chi connectivity index (χ2v) is 7.21. The zero-order chi connectivity index (χ0) is 15.3. The third-order valence-electron chi connectivity index (χ3n) is 4.05. The number of piperidine rings is 1. The van der Waals surface area contributed by atoms with Gasteiger partial charge in [0.25, 0.3) is 10.0 Å². The molecule has 2 rings (SSSR count). The molecule has 0 unspecified atom stereocenters. The van der Waals surface area contributed by atoms with Crippen LogP contribution < -0.4 is 10.0 Å². The van der Waals surface area contributed by atoms with Gasteiger partial charge in [-0.05, 0) is 44.5 Å². The molecule has 116 valence electrons. The predicted octanol–water partition coefficient (Wildman–Crippen LogP) is 1.66. The monoisotopic (exact) mass is 310 g/mol. The number of amides is 1. The Balaban J connectivity index is 2.19. The van der Waals surface area contributed by atoms with Crippen molar-refractivity contribution < 1.29 is 13.2 Å². The minimum absolute atomic E-state index is 0.124. The first kappa shape index (κ1) is 16.0. The van der Waals surface area contributed by atoms with Gasteiger partial charge >= 0.3 is 0 Å². The van der Waals surface area contributed by atoms with Gasteiger partial charge in [-0.25, -0.2) is 13.1 Å². The van der Waals surface area contributed by atoms with Crippen molar-refractivity contribution in [1.29, 1.82) is 0 Å². The fraction of sp³-hybridized carbons (Fsp3) is 0.533. The van der Waals surface area contributed by atoms with Crippen LogP contribution in [-0.2, 0) is 14.8 Å². The molecule has 1 aliphatic rings. The Labute approximate surface area is 126 Å². The van der Waals surface area contributed by atoms with Crippen LogP contribution in [0.25, 0.3) is 0 Å². The van der Waals surface area contributed by atoms with Crippen LogP contribution in [0.3, 0.4) is 0 Å². The molecule has 1 heterocycles. The van der Waals surface area contributed by atoms with Gasteiger partial charge in [0.05, 0.1) is 10.3 Å². The molecule has 0 saturated carbocycles. The van der Waals surface area contributed by atoms with E-state index in [1.165, 1.54) is 12.1 Å². The summed E-state index contributed by atoms with van der Waals surface area (Å²) in [5, 5.41) is 3.22. The van der Waals surface area contributed by atoms with E-state index in [0.29, 0.717) is 19.3 Å². The molecule has 1 saturated heterocycles. The molecule has 21 heavy (non-hydrogen) atoms. The standard InChI is InChI=1S/C15H22N2O3S/c1-2-8-15(9-11-16-12-10-15)14(18)17-21(19,20)13-6-4-3-5-7-13/h3-7,16H,2,8-12H2,1H3,(H,17,18). The normalized spacial score (nSPS) is 18.1. The molecule has 0 aliphatic carbocycles. The summed E-state index contributed by atoms with van der Waals surface area (Å²) in [6.45, 7) is 3.51. The highest BCUT2D eigenvalue weighted by Gasteiger charge is 2.40. The van der Waals surface area contributed by atoms with Crippen molar-refractivity contribution in [2.24, 2.45) is 5.41 Å². The highest BCUT2D eigenvalue weighted by Crippen LogP contribution is 2.34. The first-order valence-electron chi connectivity index (χ1n) is 7.33. The molecule has 0 bridgehead atoms. The Morgan fingerprint density at radius 1 is 1.24 bits per heavy atom. The molecule has 1 aromatic carbocycles. The molecule has 1 aliphatic heterocycles. The van der Waals surface area contributed by atoms with Gasteiger partial charge in [-0.15, -0.1) is 0 Å². The van der Waals surface area contributed by atoms with Gasteiger partial charge in [0, 0.05) is 0 Å². The van der Waals surface area contributed by atoms with Crippen molar-refractivity contribution in [1.82, 2.24) is 10.0 Å². The second-order valence-electron chi connectivity index (χ2n) is 5.53. The van der Waals surface area contributed by atoms with Crippen molar-refractivity contribution in [2.45, 2.75) is 37.5 Å². The highest BCUT2D eigenvalue weighted by atomic mass is 32.2. The van der Waals surface area contributed by atoms with Crippen molar-refractivity contribution in [3.63, 3.8) is 0 Å². The van der Waals surface area contributed by atoms with Gasteiger partial charge in [0.2, 0.25) is 5.91 Å². The summed E-state index contributed by atoms with van der Waals surface area (Å²) in [4.78, 5) is 12.7. The Morgan fingerprint density at radius 3 is 2.43 bits per heavy atom. The van der Waals surface area contributed by atoms with E-state index in [0.717, 1.165) is 19.5 Å². The summed E-state index contributed by atoms with van der Waals surface area (Å²) in [6, 6.07) is 8.01. The zero-order valence-corrected chi connectivity index (χ0v) is 13.1. The molecule has 1 aromatic rings. The molecule has 6 heteroatoms. The zero-order valence-electron chi connectivity index (χ0n) is 12.3. The predicted molar refractivity (Wildman–Crippen MR) is 81.2 cm³/mol. The molecule has 0 spiro atoms. The first-order valence-corrected chi connectivity index (χ1v) is 8.81. The maximum Gasteiger partial charge on any atom is 0.264 e. The van der Waals surface area contributed by atoms with Gasteiger partial charge in [0.1, 0.15) is 0 Å². The van der Waals surface area contributed by atoms with Crippen LogP contribution in [0.5, 0.6) is 0 Å². The number of hydrogen-bond acceptors (Lipinski definition) is 4. The van der Waals surface area contributed by atoms with Crippen LogP contribution >= 0.6 is 0 Å². The van der Waals surface area contributed by atoms with E-state index in [4.69, 9.17) is 0 Å². The number of hydrogen-bond donors (Lipinski definition) is 2. The number of sulfonamides is 1. The fourth-order valence-corrected chi connectivity index (χ4v) is 3.96. The summed E-state index contributed by atoms with van der Waals surface area (Å²) in [7, 11) is -3.79. The van der Waals surface area contributed by atoms with Crippen LogP contribution in [0.2, 0.25) is 0 Å². The van der Waals surface area contributed by atoms with E-state index in [1.807, 2.05) is 6.92 Å². The Morgan fingerprint density at radius 2 is 1.86 bits per heavy atom. The molecular formula is C15H22N2O3S. The minimum Gasteiger partial charge on any atom is -0.317 e. The Bertz CT molecular complexity index is 573. The van der Waals surface area contributed by atoms with Gasteiger partial charge in [0.15, 0.2) is 0 Å². The third kappa shape index (κ3) is 3.63. The lowest BCUT2D eigenvalue weighted by molar-refractivity contribution is -0.131. The lowest BCUT2D eigenvalue weighted by atomic mass is 9.75. The molecule has 1 amide bonds. The molecule has 1 fully saturated rings. The number of rotatable bonds is 5. The summed E-state index contributed by atoms with van der Waals surface area (Å²) in [6.07, 6.45) is 2.93. The average Bonchev–Trinajstić information content (AvgIpc) is 2.49. The average molecular weight is 310 g/mol. The first-order chi connectivity index (χ1) is 10.0. The van der Waals surface area contributed by atoms with Gasteiger partial charge in [-0.1, -0.05) is 31.5 Å². The number of carbonyl (C=O) groups is 1. The topological polar surface area (TPSA) is 75.3 Å². The summed E-state index contributed by atoms with van der Waals surface area (Å²) in [5.74, 6) is -0.366. The van der Waals surface area contributed by atoms with E-state index in [2.05, 4.69) is 10.0 Å². The Kier molecular flexibility index (Phi) is 5.00. The third-order valence-corrected chi connectivity index (χ3v) is 5.40. The van der Waals surface area contributed by atoms with E-state index in [-0.39, 0.29) is 10.8 Å². The molecular weight excluding hydrogens is 288 g/mol. The molecule has 0 radical (unpaired) electrons. The van der Waals surface area contributed by atoms with Gasteiger partial charge < -0.3 is 5.32 Å². The van der Waals surface area contributed by atoms with Crippen LogP contribution in [0, 0.1) is 5.41 Å². The van der Waals surface area contributed by atoms with Crippen LogP contribution in [0.4, 0.5) is 0 Å². The second kappa shape index (κ2) is 6.58. The molecule has 0 atom stereocenters. The van der Waals surface area contributed by atoms with E-state index in [9.17, 15) is 13.2 Å². The minimum atomic E-state index is -3.79. The number of benzene rings is 1. The van der Waals surface area contributed by atoms with Crippen molar-refractivity contribution in [2.75, 3.05) is 13.1 Å². The van der Waals surface area contributed by atoms with Crippen LogP contribution in [0.1, 0.15) is 32.6 Å². The van der Waals surface area contributed by atoms with Crippen LogP contribution in [-0.4, -0.2) is 27.4 Å². The molecule has 2 N–H and O–H groups in total. The van der Waals surface area contributed by atoms with E-state index in [1.54, 1.807) is 18.2 Å². The molecule has 5 nitrogen and oxygen atoms in total. The van der Waals surface area contributed by atoms with Crippen molar-refractivity contribution >= 4 is 15.9 Å². The van der Waals surface area contributed by atoms with E-state index < -0.39 is 15.4 Å². The lowest BCUT2D eigenvalue weighted by Crippen LogP contribution is -2.49. The van der Waals surface area contributed by atoms with E-state index >= 15 is 0 Å². The summed E-state index contributed by atoms with van der Waals surface area (Å²) >= 11 is 0. The van der Waals surface area contributed by atoms with Crippen LogP contribution in [0.15, 0.2) is 35.2 Å². The highest BCUT2D eigenvalue weighted by molar-refractivity contribution is 7.90. The Hall–Kier alpha value is -1.40. The van der Waals surface area contributed by atoms with Gasteiger partial charge in [-0.3, -0.25) is 4.79 Å². The summed E-state index contributed by atoms with van der Waals surface area (Å²) in [5.41, 5.74) is -0.568. The van der Waals surface area contributed by atoms with Gasteiger partial charge in [-0.2, -0.15) is 0 Å². The maximum atomic E-state index is 12.6. The lowest BCUT2D eigenvalue weighted by Gasteiger charge is -2.35. The SMILES string of the molecule is CCCC1(C(=O)NS(=O)(=O)c2ccccc2)CCNCC1. The fourth-order valence-electron chi connectivity index (χ4n) is 2.86. The number of carbonyl (C=O) groups excluding carboxylic acids is 1. The van der Waals surface area contributed by atoms with Crippen molar-refractivity contribution in [3.05, 3.63) is 30.3 Å². The largest absolute Gasteiger partial charge is 0.317 e. The number of nitrogens with one attached hydrogen (secondary N) is 2. The molecule has 0 aromatic heterocycles. The van der Waals surface area contributed by atoms with Crippen molar-refractivity contribution in [3.8, 4) is 0 Å². The summed E-state index contributed by atoms with van der Waals surface area (Å²) < 4.78 is 26.8. The maximum absolute atomic E-state index is 12.6. The smallest absolute Gasteiger partial charge is 0.264 e. The quantitative estimate of drug-likeness (QED) is 0.867.